The van der Waals surface area contributed by atoms with Crippen LogP contribution in [0.5, 0.6) is 5.75 Å². The van der Waals surface area contributed by atoms with Gasteiger partial charge >= 0.3 is 6.61 Å². The van der Waals surface area contributed by atoms with E-state index >= 15 is 0 Å². The van der Waals surface area contributed by atoms with Crippen LogP contribution in [0.25, 0.3) is 11.0 Å². The molecule has 0 saturated heterocycles. The van der Waals surface area contributed by atoms with Gasteiger partial charge in [0.2, 0.25) is 0 Å². The molecule has 0 N–H and O–H groups in total. The monoisotopic (exact) mass is 511 g/mol. The van der Waals surface area contributed by atoms with Crippen molar-refractivity contribution in [1.82, 2.24) is 14.5 Å². The van der Waals surface area contributed by atoms with Crippen molar-refractivity contribution in [2.75, 3.05) is 11.9 Å². The highest BCUT2D eigenvalue weighted by Gasteiger charge is 2.18. The molecule has 0 radical (unpaired) electrons. The fourth-order valence-electron chi connectivity index (χ4n) is 4.40. The molecule has 0 unspecified atom stereocenters. The van der Waals surface area contributed by atoms with Crippen molar-refractivity contribution in [2.45, 2.75) is 20.0 Å². The lowest BCUT2D eigenvalue weighted by atomic mass is 10.0. The van der Waals surface area contributed by atoms with Crippen molar-refractivity contribution in [3.05, 3.63) is 108 Å². The Hall–Kier alpha value is -4.59. The lowest BCUT2D eigenvalue weighted by molar-refractivity contribution is -0.0498. The fourth-order valence-corrected chi connectivity index (χ4v) is 4.40. The molecule has 5 aromatic rings. The molecule has 0 fully saturated rings. The molecule has 0 aliphatic rings. The van der Waals surface area contributed by atoms with Gasteiger partial charge in [0.15, 0.2) is 5.82 Å². The van der Waals surface area contributed by atoms with Gasteiger partial charge in [0, 0.05) is 43.0 Å². The molecule has 0 atom stereocenters. The van der Waals surface area contributed by atoms with Crippen LogP contribution in [0.3, 0.4) is 0 Å². The van der Waals surface area contributed by atoms with Gasteiger partial charge in [-0.25, -0.2) is 15.0 Å². The van der Waals surface area contributed by atoms with E-state index in [2.05, 4.69) is 9.72 Å². The molecule has 0 aliphatic heterocycles. The molecule has 2 heterocycles. The predicted octanol–water partition coefficient (Wildman–Crippen LogP) is 7.07. The molecule has 0 aliphatic carbocycles. The Morgan fingerprint density at radius 1 is 0.974 bits per heavy atom. The third-order valence-corrected chi connectivity index (χ3v) is 6.36. The third kappa shape index (κ3) is 5.11. The van der Waals surface area contributed by atoms with Crippen molar-refractivity contribution >= 4 is 34.1 Å². The predicted molar refractivity (Wildman–Crippen MR) is 147 cm³/mol. The SMILES string of the molecule is CCc1ccc(OC(F)F)cc1N(C)c1cc2c(ncn2C)c(N=C(c2ccccc2)c2ccccc2)n1. The summed E-state index contributed by atoms with van der Waals surface area (Å²) in [5.41, 5.74) is 5.88. The average molecular weight is 512 g/mol. The summed E-state index contributed by atoms with van der Waals surface area (Å²) in [6.07, 6.45) is 2.44. The summed E-state index contributed by atoms with van der Waals surface area (Å²) in [6.45, 7) is -0.889. The van der Waals surface area contributed by atoms with Crippen LogP contribution in [-0.4, -0.2) is 33.9 Å². The average Bonchev–Trinajstić information content (AvgIpc) is 3.32. The van der Waals surface area contributed by atoms with Gasteiger partial charge < -0.3 is 14.2 Å². The topological polar surface area (TPSA) is 55.5 Å². The van der Waals surface area contributed by atoms with Gasteiger partial charge in [-0.1, -0.05) is 73.7 Å². The summed E-state index contributed by atoms with van der Waals surface area (Å²) in [6, 6.07) is 26.8. The van der Waals surface area contributed by atoms with Crippen molar-refractivity contribution in [3.8, 4) is 5.75 Å². The normalized spacial score (nSPS) is 11.1. The number of nitrogens with zero attached hydrogens (tertiary/aromatic N) is 5. The van der Waals surface area contributed by atoms with Crippen molar-refractivity contribution in [2.24, 2.45) is 12.0 Å². The standard InChI is InChI=1S/C30H27F2N5O/c1-4-20-15-16-23(38-30(31)32)17-24(20)37(3)26-18-25-28(33-19-36(25)2)29(34-26)35-27(21-11-7-5-8-12-21)22-13-9-6-10-14-22/h5-19,30H,4H2,1-3H3. The molecular weight excluding hydrogens is 484 g/mol. The van der Waals surface area contributed by atoms with E-state index < -0.39 is 6.61 Å². The number of benzene rings is 3. The molecule has 3 aromatic carbocycles. The number of anilines is 2. The van der Waals surface area contributed by atoms with Crippen LogP contribution >= 0.6 is 0 Å². The number of alkyl halides is 2. The van der Waals surface area contributed by atoms with Crippen LogP contribution in [0.2, 0.25) is 0 Å². The molecular formula is C30H27F2N5O. The second kappa shape index (κ2) is 10.8. The van der Waals surface area contributed by atoms with Gasteiger partial charge in [-0.3, -0.25) is 0 Å². The highest BCUT2D eigenvalue weighted by molar-refractivity contribution is 6.14. The molecule has 5 rings (SSSR count). The highest BCUT2D eigenvalue weighted by atomic mass is 19.3. The van der Waals surface area contributed by atoms with Gasteiger partial charge in [-0.05, 0) is 18.1 Å². The van der Waals surface area contributed by atoms with Gasteiger partial charge in [-0.15, -0.1) is 0 Å². The summed E-state index contributed by atoms with van der Waals surface area (Å²) in [4.78, 5) is 16.4. The second-order valence-corrected chi connectivity index (χ2v) is 8.80. The van der Waals surface area contributed by atoms with Crippen molar-refractivity contribution < 1.29 is 13.5 Å². The molecule has 2 aromatic heterocycles. The van der Waals surface area contributed by atoms with E-state index in [9.17, 15) is 8.78 Å². The molecule has 192 valence electrons. The first-order chi connectivity index (χ1) is 18.4. The minimum atomic E-state index is -2.90. The molecule has 0 amide bonds. The van der Waals surface area contributed by atoms with E-state index in [4.69, 9.17) is 9.98 Å². The van der Waals surface area contributed by atoms with Gasteiger partial charge in [0.1, 0.15) is 17.1 Å². The largest absolute Gasteiger partial charge is 0.435 e. The van der Waals surface area contributed by atoms with Gasteiger partial charge in [0.25, 0.3) is 0 Å². The second-order valence-electron chi connectivity index (χ2n) is 8.80. The zero-order valence-electron chi connectivity index (χ0n) is 21.3. The maximum Gasteiger partial charge on any atom is 0.387 e. The third-order valence-electron chi connectivity index (χ3n) is 6.36. The number of halogens is 2. The first kappa shape index (κ1) is 25.1. The number of aliphatic imine (C=N–C) groups is 1. The summed E-state index contributed by atoms with van der Waals surface area (Å²) in [5.74, 6) is 1.16. The number of aromatic nitrogens is 3. The minimum absolute atomic E-state index is 0.0920. The van der Waals surface area contributed by atoms with Crippen molar-refractivity contribution in [1.29, 1.82) is 0 Å². The van der Waals surface area contributed by atoms with Crippen LogP contribution < -0.4 is 9.64 Å². The lowest BCUT2D eigenvalue weighted by Gasteiger charge is -2.23. The number of imidazole rings is 1. The van der Waals surface area contributed by atoms with Crippen LogP contribution in [0.4, 0.5) is 26.1 Å². The van der Waals surface area contributed by atoms with E-state index in [0.29, 0.717) is 23.6 Å². The number of aryl methyl sites for hydroxylation is 2. The van der Waals surface area contributed by atoms with E-state index in [-0.39, 0.29) is 5.75 Å². The molecule has 0 bridgehead atoms. The number of rotatable bonds is 8. The molecule has 0 spiro atoms. The quantitative estimate of drug-likeness (QED) is 0.209. The molecule has 6 nitrogen and oxygen atoms in total. The van der Waals surface area contributed by atoms with Gasteiger partial charge in [-0.2, -0.15) is 8.78 Å². The number of pyridine rings is 1. The first-order valence-electron chi connectivity index (χ1n) is 12.3. The van der Waals surface area contributed by atoms with Crippen LogP contribution in [0.1, 0.15) is 23.6 Å². The zero-order valence-corrected chi connectivity index (χ0v) is 21.3. The zero-order chi connectivity index (χ0) is 26.6. The maximum absolute atomic E-state index is 12.9. The number of hydrogen-bond donors (Lipinski definition) is 0. The van der Waals surface area contributed by atoms with E-state index in [1.165, 1.54) is 0 Å². The molecule has 38 heavy (non-hydrogen) atoms. The summed E-state index contributed by atoms with van der Waals surface area (Å²) >= 11 is 0. The molecule has 8 heteroatoms. The Balaban J connectivity index is 1.69. The Morgan fingerprint density at radius 2 is 1.63 bits per heavy atom. The fraction of sp³-hybridized carbons (Fsp3) is 0.167. The Labute approximate surface area is 219 Å². The minimum Gasteiger partial charge on any atom is -0.435 e. The Kier molecular flexibility index (Phi) is 7.13. The van der Waals surface area contributed by atoms with Crippen LogP contribution in [-0.2, 0) is 13.5 Å². The number of hydrogen-bond acceptors (Lipinski definition) is 5. The van der Waals surface area contributed by atoms with Crippen LogP contribution in [0, 0.1) is 0 Å². The summed E-state index contributed by atoms with van der Waals surface area (Å²) in [7, 11) is 3.77. The lowest BCUT2D eigenvalue weighted by Crippen LogP contribution is -2.14. The summed E-state index contributed by atoms with van der Waals surface area (Å²) < 4.78 is 32.4. The van der Waals surface area contributed by atoms with Gasteiger partial charge in [0.05, 0.1) is 17.6 Å². The highest BCUT2D eigenvalue weighted by Crippen LogP contribution is 2.35. The Morgan fingerprint density at radius 3 is 2.24 bits per heavy atom. The smallest absolute Gasteiger partial charge is 0.387 e. The summed E-state index contributed by atoms with van der Waals surface area (Å²) in [5, 5.41) is 0. The van der Waals surface area contributed by atoms with Crippen LogP contribution in [0.15, 0.2) is 96.2 Å². The Bertz CT molecular complexity index is 1540. The van der Waals surface area contributed by atoms with E-state index in [1.54, 1.807) is 24.5 Å². The first-order valence-corrected chi connectivity index (χ1v) is 12.3. The van der Waals surface area contributed by atoms with E-state index in [1.807, 2.05) is 97.2 Å². The number of ether oxygens (including phenoxy) is 1. The maximum atomic E-state index is 12.9. The van der Waals surface area contributed by atoms with E-state index in [0.717, 1.165) is 33.6 Å². The molecule has 0 saturated carbocycles. The van der Waals surface area contributed by atoms with Crippen molar-refractivity contribution in [3.63, 3.8) is 0 Å². The number of fused-ring (bicyclic) bond motifs is 1.